The molecule has 8 nitrogen and oxygen atoms in total. The number of aromatic carboxylic acids is 1. The van der Waals surface area contributed by atoms with Crippen molar-refractivity contribution in [1.82, 2.24) is 14.0 Å². The van der Waals surface area contributed by atoms with Crippen LogP contribution in [0.4, 0.5) is 5.69 Å². The van der Waals surface area contributed by atoms with Gasteiger partial charge in [-0.25, -0.2) is 4.79 Å². The molecular weight excluding hydrogens is 670 g/mol. The summed E-state index contributed by atoms with van der Waals surface area (Å²) >= 11 is 6.23. The van der Waals surface area contributed by atoms with Crippen molar-refractivity contribution in [3.63, 3.8) is 0 Å². The summed E-state index contributed by atoms with van der Waals surface area (Å²) in [4.78, 5) is 16.4. The van der Waals surface area contributed by atoms with Crippen molar-refractivity contribution >= 4 is 39.9 Å². The van der Waals surface area contributed by atoms with Gasteiger partial charge in [-0.2, -0.15) is 0 Å². The van der Waals surface area contributed by atoms with Crippen molar-refractivity contribution in [2.75, 3.05) is 44.2 Å². The number of nitrogens with one attached hydrogen (secondary N) is 1. The third-order valence-corrected chi connectivity index (χ3v) is 10.9. The van der Waals surface area contributed by atoms with Crippen LogP contribution in [0, 0.1) is 10.8 Å². The van der Waals surface area contributed by atoms with Gasteiger partial charge < -0.3 is 23.9 Å². The summed E-state index contributed by atoms with van der Waals surface area (Å²) in [5.74, 6) is -0.439. The van der Waals surface area contributed by atoms with Gasteiger partial charge >= 0.3 is 5.97 Å². The number of para-hydroxylation sites is 2. The zero-order valence-corrected chi connectivity index (χ0v) is 30.9. The number of aromatic nitrogens is 2. The maximum absolute atomic E-state index is 11.3. The summed E-state index contributed by atoms with van der Waals surface area (Å²) in [6, 6.07) is 32.0. The van der Waals surface area contributed by atoms with Gasteiger partial charge in [-0.15, -0.1) is 0 Å². The van der Waals surface area contributed by atoms with E-state index in [2.05, 4.69) is 76.7 Å². The molecule has 7 rings (SSSR count). The van der Waals surface area contributed by atoms with Crippen LogP contribution < -0.4 is 15.3 Å². The fourth-order valence-corrected chi connectivity index (χ4v) is 7.97. The summed E-state index contributed by atoms with van der Waals surface area (Å²) in [7, 11) is 0. The Bertz CT molecular complexity index is 2140. The lowest BCUT2D eigenvalue weighted by Crippen LogP contribution is -2.47. The van der Waals surface area contributed by atoms with Crippen LogP contribution in [0.15, 0.2) is 103 Å². The first-order chi connectivity index (χ1) is 25.1. The largest absolute Gasteiger partial charge is 0.494 e. The van der Waals surface area contributed by atoms with Gasteiger partial charge in [-0.05, 0) is 102 Å². The lowest BCUT2D eigenvalue weighted by atomic mass is 9.73. The third kappa shape index (κ3) is 8.14. The molecule has 0 amide bonds. The number of ether oxygens (including phenoxy) is 1. The van der Waals surface area contributed by atoms with E-state index in [0.29, 0.717) is 42.9 Å². The second-order valence-corrected chi connectivity index (χ2v) is 15.4. The molecule has 0 atom stereocenters. The van der Waals surface area contributed by atoms with E-state index in [1.165, 1.54) is 28.8 Å². The van der Waals surface area contributed by atoms with Crippen LogP contribution in [0.25, 0.3) is 16.6 Å². The molecule has 5 aromatic rings. The smallest absolute Gasteiger partial charge is 0.335 e. The predicted octanol–water partition coefficient (Wildman–Crippen LogP) is 8.58. The minimum atomic E-state index is -0.974. The average molecular weight is 718 g/mol. The Hall–Kier alpha value is -4.79. The Morgan fingerprint density at radius 1 is 0.865 bits per heavy atom. The first kappa shape index (κ1) is 35.6. The fourth-order valence-electron chi connectivity index (χ4n) is 7.84. The number of carbonyl (C=O) groups is 1. The van der Waals surface area contributed by atoms with E-state index in [-0.39, 0.29) is 5.56 Å². The van der Waals surface area contributed by atoms with Crippen LogP contribution in [0.5, 0.6) is 5.75 Å². The van der Waals surface area contributed by atoms with E-state index >= 15 is 0 Å². The number of imidazole rings is 1. The van der Waals surface area contributed by atoms with Crippen molar-refractivity contribution in [2.45, 2.75) is 52.6 Å². The maximum atomic E-state index is 11.3. The summed E-state index contributed by atoms with van der Waals surface area (Å²) in [5.41, 5.74) is 9.83. The summed E-state index contributed by atoms with van der Waals surface area (Å²) < 4.78 is 9.99. The summed E-state index contributed by atoms with van der Waals surface area (Å²) in [6.45, 7) is 11.5. The first-order valence-corrected chi connectivity index (χ1v) is 18.7. The number of hydrogen-bond acceptors (Lipinski definition) is 5. The molecule has 1 aliphatic carbocycles. The molecular formula is C43H48ClN5O3. The summed E-state index contributed by atoms with van der Waals surface area (Å²) in [5, 5.41) is 19.2. The molecule has 1 aromatic heterocycles. The minimum absolute atomic E-state index is 0.204. The highest BCUT2D eigenvalue weighted by atomic mass is 35.5. The zero-order chi connectivity index (χ0) is 36.2. The molecule has 270 valence electrons. The molecule has 4 aromatic carbocycles. The van der Waals surface area contributed by atoms with Crippen LogP contribution in [-0.2, 0) is 13.1 Å². The molecule has 1 saturated heterocycles. The molecule has 2 N–H and O–H groups in total. The highest BCUT2D eigenvalue weighted by Crippen LogP contribution is 2.43. The topological polar surface area (TPSA) is 86.7 Å². The van der Waals surface area contributed by atoms with Crippen molar-refractivity contribution in [1.29, 1.82) is 5.41 Å². The van der Waals surface area contributed by atoms with Crippen LogP contribution in [0.1, 0.15) is 61.0 Å². The molecule has 2 heterocycles. The number of nitrogens with zero attached hydrogens (tertiary/aromatic N) is 4. The number of halogens is 1. The van der Waals surface area contributed by atoms with Gasteiger partial charge in [0.05, 0.1) is 29.7 Å². The second kappa shape index (κ2) is 15.4. The Labute approximate surface area is 311 Å². The van der Waals surface area contributed by atoms with Gasteiger partial charge in [0.1, 0.15) is 5.75 Å². The van der Waals surface area contributed by atoms with Gasteiger partial charge in [0.15, 0.2) is 0 Å². The van der Waals surface area contributed by atoms with E-state index < -0.39 is 5.97 Å². The van der Waals surface area contributed by atoms with E-state index in [4.69, 9.17) is 16.3 Å². The van der Waals surface area contributed by atoms with Crippen LogP contribution in [0.2, 0.25) is 5.02 Å². The Morgan fingerprint density at radius 3 is 2.35 bits per heavy atom. The molecule has 0 saturated carbocycles. The van der Waals surface area contributed by atoms with Gasteiger partial charge in [0.2, 0.25) is 5.62 Å². The lowest BCUT2D eigenvalue weighted by molar-refractivity contribution is 0.0696. The zero-order valence-electron chi connectivity index (χ0n) is 30.2. The number of carboxylic acid groups (broad SMARTS) is 1. The number of benzene rings is 4. The van der Waals surface area contributed by atoms with Gasteiger partial charge in [0.25, 0.3) is 0 Å². The standard InChI is InChI=1S/C43H48ClN5O3/c1-43(2)19-18-38(32-14-16-35(44)17-15-32)34(28-43)30-46-21-23-47(24-22-46)36-10-5-8-31(26-36)29-49-40-13-4-3-12-39(40)48(42(49)45)20-7-25-52-37-11-6-9-33(27-37)41(50)51/h3-6,8-17,26-27,45H,7,18-25,28-30H2,1-2H3,(H,50,51). The number of piperazine rings is 1. The normalized spacial score (nSPS) is 16.4. The van der Waals surface area contributed by atoms with Gasteiger partial charge in [0, 0.05) is 50.0 Å². The van der Waals surface area contributed by atoms with Gasteiger partial charge in [-0.1, -0.05) is 73.5 Å². The molecule has 2 aliphatic rings. The molecule has 1 fully saturated rings. The molecule has 0 bridgehead atoms. The van der Waals surface area contributed by atoms with Crippen molar-refractivity contribution in [3.05, 3.63) is 130 Å². The Balaban J connectivity index is 1.00. The van der Waals surface area contributed by atoms with Crippen LogP contribution in [-0.4, -0.2) is 64.4 Å². The minimum Gasteiger partial charge on any atom is -0.494 e. The summed E-state index contributed by atoms with van der Waals surface area (Å²) in [6.07, 6.45) is 4.14. The fraction of sp³-hybridized carbons (Fsp3) is 0.349. The van der Waals surface area contributed by atoms with Gasteiger partial charge in [-0.3, -0.25) is 10.3 Å². The van der Waals surface area contributed by atoms with E-state index in [0.717, 1.165) is 61.6 Å². The molecule has 52 heavy (non-hydrogen) atoms. The quantitative estimate of drug-likeness (QED) is 0.126. The Kier molecular flexibility index (Phi) is 10.6. The third-order valence-electron chi connectivity index (χ3n) is 10.6. The number of aryl methyl sites for hydroxylation is 1. The number of carboxylic acids is 1. The second-order valence-electron chi connectivity index (χ2n) is 14.9. The maximum Gasteiger partial charge on any atom is 0.335 e. The lowest BCUT2D eigenvalue weighted by Gasteiger charge is -2.39. The van der Waals surface area contributed by atoms with E-state index in [1.54, 1.807) is 29.8 Å². The average Bonchev–Trinajstić information content (AvgIpc) is 3.40. The first-order valence-electron chi connectivity index (χ1n) is 18.4. The molecule has 0 radical (unpaired) electrons. The van der Waals surface area contributed by atoms with Crippen molar-refractivity contribution in [2.24, 2.45) is 5.41 Å². The van der Waals surface area contributed by atoms with Crippen molar-refractivity contribution < 1.29 is 14.6 Å². The molecule has 1 aliphatic heterocycles. The highest BCUT2D eigenvalue weighted by Gasteiger charge is 2.29. The highest BCUT2D eigenvalue weighted by molar-refractivity contribution is 6.30. The number of anilines is 1. The van der Waals surface area contributed by atoms with Crippen LogP contribution in [0.3, 0.4) is 0 Å². The monoisotopic (exact) mass is 717 g/mol. The molecule has 0 spiro atoms. The van der Waals surface area contributed by atoms with E-state index in [1.807, 2.05) is 28.8 Å². The number of allylic oxidation sites excluding steroid dienone is 1. The predicted molar refractivity (Wildman–Crippen MR) is 209 cm³/mol. The number of hydrogen-bond donors (Lipinski definition) is 2. The molecule has 9 heteroatoms. The van der Waals surface area contributed by atoms with E-state index in [9.17, 15) is 15.3 Å². The SMILES string of the molecule is CC1(C)CCC(c2ccc(Cl)cc2)=C(CN2CCN(c3cccc(Cn4c(=N)n(CCCOc5cccc(C(=O)O)c5)c5ccccc54)c3)CC2)C1. The number of fused-ring (bicyclic) bond motifs is 1. The van der Waals surface area contributed by atoms with Crippen molar-refractivity contribution in [3.8, 4) is 5.75 Å². The van der Waals surface area contributed by atoms with Crippen LogP contribution >= 0.6 is 11.6 Å². The Morgan fingerprint density at radius 2 is 1.60 bits per heavy atom. The molecule has 0 unspecified atom stereocenters. The number of rotatable bonds is 12.